The molecule has 0 fully saturated rings. The number of carbonyl (C=O) groups excluding carboxylic acids is 3. The van der Waals surface area contributed by atoms with Crippen LogP contribution in [0, 0.1) is 0 Å². The molecular weight excluding hydrogens is 492 g/mol. The molecule has 198 valence electrons. The highest BCUT2D eigenvalue weighted by Crippen LogP contribution is 2.17. The number of fused-ring (bicyclic) bond motifs is 1. The Morgan fingerprint density at radius 3 is 2.24 bits per heavy atom. The fourth-order valence-electron chi connectivity index (χ4n) is 3.81. The Bertz CT molecular complexity index is 1200. The number of amides is 3. The number of hydrogen-bond donors (Lipinski definition) is 5. The molecule has 0 radical (unpaired) electrons. The molecule has 2 atom stereocenters. The predicted octanol–water partition coefficient (Wildman–Crippen LogP) is 1.86. The van der Waals surface area contributed by atoms with Gasteiger partial charge in [-0.1, -0.05) is 72.8 Å². The summed E-state index contributed by atoms with van der Waals surface area (Å²) >= 11 is 0. The lowest BCUT2D eigenvalue weighted by atomic mass is 9.98. The van der Waals surface area contributed by atoms with Crippen molar-refractivity contribution < 1.29 is 19.5 Å². The second kappa shape index (κ2) is 13.7. The zero-order valence-electron chi connectivity index (χ0n) is 21.1. The van der Waals surface area contributed by atoms with E-state index in [1.54, 1.807) is 13.8 Å². The van der Waals surface area contributed by atoms with Crippen LogP contribution in [0.3, 0.4) is 0 Å². The van der Waals surface area contributed by atoms with Crippen LogP contribution in [0.15, 0.2) is 72.8 Å². The Balaban J connectivity index is 0.00000481. The van der Waals surface area contributed by atoms with E-state index in [0.29, 0.717) is 0 Å². The molecule has 3 rings (SSSR count). The summed E-state index contributed by atoms with van der Waals surface area (Å²) in [6, 6.07) is 22.0. The van der Waals surface area contributed by atoms with Gasteiger partial charge in [-0.2, -0.15) is 0 Å². The minimum absolute atomic E-state index is 0. The summed E-state index contributed by atoms with van der Waals surface area (Å²) in [5.74, 6) is -1.25. The van der Waals surface area contributed by atoms with Crippen molar-refractivity contribution in [2.75, 3.05) is 13.1 Å². The Morgan fingerprint density at radius 1 is 0.919 bits per heavy atom. The molecular formula is C28H35ClN4O4. The molecule has 1 unspecified atom stereocenters. The smallest absolute Gasteiger partial charge is 0.245 e. The number of nitrogens with two attached hydrogens (primary N) is 1. The highest BCUT2D eigenvalue weighted by Gasteiger charge is 2.33. The summed E-state index contributed by atoms with van der Waals surface area (Å²) in [6.07, 6.45) is -0.523. The molecule has 6 N–H and O–H groups in total. The van der Waals surface area contributed by atoms with Crippen molar-refractivity contribution in [3.8, 4) is 0 Å². The van der Waals surface area contributed by atoms with E-state index in [2.05, 4.69) is 16.0 Å². The molecule has 3 aromatic rings. The largest absolute Gasteiger partial charge is 0.390 e. The second-order valence-electron chi connectivity index (χ2n) is 9.38. The van der Waals surface area contributed by atoms with Gasteiger partial charge in [-0.05, 0) is 35.7 Å². The summed E-state index contributed by atoms with van der Waals surface area (Å²) in [7, 11) is 0. The molecule has 0 aliphatic heterocycles. The lowest BCUT2D eigenvalue weighted by molar-refractivity contribution is -0.134. The first kappa shape index (κ1) is 29.8. The molecule has 0 spiro atoms. The monoisotopic (exact) mass is 526 g/mol. The van der Waals surface area contributed by atoms with Crippen LogP contribution < -0.4 is 21.7 Å². The summed E-state index contributed by atoms with van der Waals surface area (Å²) < 4.78 is 0. The van der Waals surface area contributed by atoms with Gasteiger partial charge >= 0.3 is 0 Å². The van der Waals surface area contributed by atoms with Gasteiger partial charge in [0.15, 0.2) is 0 Å². The lowest BCUT2D eigenvalue weighted by Crippen LogP contribution is -2.59. The minimum atomic E-state index is -1.26. The van der Waals surface area contributed by atoms with Crippen LogP contribution in [0.5, 0.6) is 0 Å². The van der Waals surface area contributed by atoms with Crippen molar-refractivity contribution in [3.05, 3.63) is 83.9 Å². The molecule has 0 aromatic heterocycles. The summed E-state index contributed by atoms with van der Waals surface area (Å²) in [5, 5.41) is 20.0. The third-order valence-corrected chi connectivity index (χ3v) is 5.89. The molecule has 0 saturated heterocycles. The van der Waals surface area contributed by atoms with Gasteiger partial charge in [0.05, 0.1) is 12.5 Å². The van der Waals surface area contributed by atoms with Crippen molar-refractivity contribution in [1.82, 2.24) is 16.0 Å². The first-order valence-corrected chi connectivity index (χ1v) is 12.0. The zero-order chi connectivity index (χ0) is 26.1. The molecule has 3 aromatic carbocycles. The normalized spacial score (nSPS) is 12.6. The van der Waals surface area contributed by atoms with Crippen LogP contribution in [0.4, 0.5) is 0 Å². The van der Waals surface area contributed by atoms with Gasteiger partial charge < -0.3 is 26.8 Å². The van der Waals surface area contributed by atoms with Crippen molar-refractivity contribution >= 4 is 40.9 Å². The highest BCUT2D eigenvalue weighted by molar-refractivity contribution is 5.95. The number of nitrogens with one attached hydrogen (secondary N) is 3. The average Bonchev–Trinajstić information content (AvgIpc) is 2.86. The maximum absolute atomic E-state index is 13.2. The Kier molecular flexibility index (Phi) is 11.1. The van der Waals surface area contributed by atoms with E-state index in [-0.39, 0.29) is 44.2 Å². The summed E-state index contributed by atoms with van der Waals surface area (Å²) in [5.41, 5.74) is 5.87. The average molecular weight is 527 g/mol. The zero-order valence-corrected chi connectivity index (χ0v) is 21.9. The highest BCUT2D eigenvalue weighted by atomic mass is 35.5. The number of hydrogen-bond acceptors (Lipinski definition) is 5. The molecule has 37 heavy (non-hydrogen) atoms. The second-order valence-corrected chi connectivity index (χ2v) is 9.38. The maximum atomic E-state index is 13.2. The van der Waals surface area contributed by atoms with Crippen LogP contribution in [0.2, 0.25) is 0 Å². The van der Waals surface area contributed by atoms with Crippen LogP contribution >= 0.6 is 12.4 Å². The Hall–Kier alpha value is -3.46. The van der Waals surface area contributed by atoms with Crippen LogP contribution in [0.25, 0.3) is 10.8 Å². The number of aliphatic hydroxyl groups is 1. The Labute approximate surface area is 223 Å². The molecule has 0 bridgehead atoms. The van der Waals surface area contributed by atoms with Gasteiger partial charge in [0.25, 0.3) is 0 Å². The SMILES string of the molecule is CC(C)(NC(=O)Cc1ccccc1)C(=O)N[C@H](Cc1ccc2ccccc2c1)C(=O)NCC(O)CN.Cl. The van der Waals surface area contributed by atoms with Crippen molar-refractivity contribution in [3.63, 3.8) is 0 Å². The van der Waals surface area contributed by atoms with Gasteiger partial charge in [-0.25, -0.2) is 0 Å². The molecule has 0 saturated carbocycles. The van der Waals surface area contributed by atoms with Gasteiger partial charge in [-0.3, -0.25) is 14.4 Å². The molecule has 0 aliphatic carbocycles. The van der Waals surface area contributed by atoms with E-state index in [4.69, 9.17) is 5.73 Å². The minimum Gasteiger partial charge on any atom is -0.390 e. The van der Waals surface area contributed by atoms with Crippen molar-refractivity contribution in [2.24, 2.45) is 5.73 Å². The van der Waals surface area contributed by atoms with E-state index in [1.807, 2.05) is 72.8 Å². The van der Waals surface area contributed by atoms with Crippen molar-refractivity contribution in [2.45, 2.75) is 44.4 Å². The van der Waals surface area contributed by atoms with Crippen LogP contribution in [0.1, 0.15) is 25.0 Å². The van der Waals surface area contributed by atoms with Gasteiger partial charge in [0, 0.05) is 19.5 Å². The number of benzene rings is 3. The van der Waals surface area contributed by atoms with E-state index in [1.165, 1.54) is 0 Å². The number of carbonyl (C=O) groups is 3. The van der Waals surface area contributed by atoms with Crippen molar-refractivity contribution in [1.29, 1.82) is 0 Å². The van der Waals surface area contributed by atoms with Crippen LogP contribution in [-0.4, -0.2) is 53.6 Å². The van der Waals surface area contributed by atoms with Gasteiger partial charge in [0.1, 0.15) is 11.6 Å². The fourth-order valence-corrected chi connectivity index (χ4v) is 3.81. The standard InChI is InChI=1S/C28H34N4O4.ClH/c1-28(2,32-25(34)16-19-8-4-3-5-9-19)27(36)31-24(26(35)30-18-23(33)17-29)15-20-12-13-21-10-6-7-11-22(21)14-20;/h3-14,23-24,33H,15-18,29H2,1-2H3,(H,30,35)(H,31,36)(H,32,34);1H/t23?,24-;/m1./s1. The molecule has 9 heteroatoms. The third-order valence-electron chi connectivity index (χ3n) is 5.89. The predicted molar refractivity (Wildman–Crippen MR) is 147 cm³/mol. The van der Waals surface area contributed by atoms with E-state index in [0.717, 1.165) is 21.9 Å². The fraction of sp³-hybridized carbons (Fsp3) is 0.321. The van der Waals surface area contributed by atoms with Gasteiger partial charge in [0.2, 0.25) is 17.7 Å². The van der Waals surface area contributed by atoms with E-state index in [9.17, 15) is 19.5 Å². The van der Waals surface area contributed by atoms with Gasteiger partial charge in [-0.15, -0.1) is 12.4 Å². The molecule has 8 nitrogen and oxygen atoms in total. The summed E-state index contributed by atoms with van der Waals surface area (Å²) in [4.78, 5) is 38.7. The quantitative estimate of drug-likeness (QED) is 0.260. The maximum Gasteiger partial charge on any atom is 0.245 e. The first-order chi connectivity index (χ1) is 17.2. The van der Waals surface area contributed by atoms with Crippen LogP contribution in [-0.2, 0) is 27.2 Å². The topological polar surface area (TPSA) is 134 Å². The first-order valence-electron chi connectivity index (χ1n) is 12.0. The Morgan fingerprint density at radius 2 is 1.57 bits per heavy atom. The van der Waals surface area contributed by atoms with E-state index < -0.39 is 29.5 Å². The lowest BCUT2D eigenvalue weighted by Gasteiger charge is -2.28. The number of aliphatic hydroxyl groups excluding tert-OH is 1. The summed E-state index contributed by atoms with van der Waals surface area (Å²) in [6.45, 7) is 3.15. The molecule has 0 heterocycles. The molecule has 3 amide bonds. The number of halogens is 1. The number of rotatable bonds is 11. The molecule has 0 aliphatic rings. The third kappa shape index (κ3) is 8.86. The van der Waals surface area contributed by atoms with E-state index >= 15 is 0 Å².